The predicted molar refractivity (Wildman–Crippen MR) is 146 cm³/mol. The third-order valence-electron chi connectivity index (χ3n) is 6.36. The molecule has 1 aliphatic rings. The minimum absolute atomic E-state index is 0.0948. The van der Waals surface area contributed by atoms with Crippen molar-refractivity contribution in [2.45, 2.75) is 37.6 Å². The molecule has 0 N–H and O–H groups in total. The summed E-state index contributed by atoms with van der Waals surface area (Å²) < 4.78 is 7.16. The van der Waals surface area contributed by atoms with Crippen LogP contribution in [0.15, 0.2) is 59.3 Å². The van der Waals surface area contributed by atoms with Crippen molar-refractivity contribution in [1.82, 2.24) is 29.6 Å². The molecule has 0 radical (unpaired) electrons. The fourth-order valence-corrected chi connectivity index (χ4v) is 6.06. The minimum atomic E-state index is -0.168. The first-order valence-electron chi connectivity index (χ1n) is 12.5. The summed E-state index contributed by atoms with van der Waals surface area (Å²) >= 11 is 2.99. The second-order valence-corrected chi connectivity index (χ2v) is 10.8. The number of amides is 1. The number of aryl methyl sites for hydroxylation is 1. The summed E-state index contributed by atoms with van der Waals surface area (Å²) in [6.45, 7) is 5.30. The largest absolute Gasteiger partial charge is 0.466 e. The second kappa shape index (κ2) is 11.9. The van der Waals surface area contributed by atoms with Crippen LogP contribution in [-0.4, -0.2) is 61.2 Å². The summed E-state index contributed by atoms with van der Waals surface area (Å²) in [6, 6.07) is 12.1. The van der Waals surface area contributed by atoms with Crippen molar-refractivity contribution in [3.8, 4) is 17.1 Å². The highest BCUT2D eigenvalue weighted by Crippen LogP contribution is 2.31. The molecule has 9 nitrogen and oxygen atoms in total. The van der Waals surface area contributed by atoms with Crippen molar-refractivity contribution < 1.29 is 14.3 Å². The average Bonchev–Trinajstić information content (AvgIpc) is 3.60. The van der Waals surface area contributed by atoms with Gasteiger partial charge in [0.05, 0.1) is 18.3 Å². The number of pyridine rings is 1. The number of rotatable bonds is 8. The number of likely N-dealkylation sites (tertiary alicyclic amines) is 1. The number of thiazole rings is 1. The molecule has 0 atom stereocenters. The van der Waals surface area contributed by atoms with Gasteiger partial charge in [0.1, 0.15) is 10.7 Å². The molecule has 1 fully saturated rings. The highest BCUT2D eigenvalue weighted by molar-refractivity contribution is 7.98. The first-order valence-corrected chi connectivity index (χ1v) is 14.4. The van der Waals surface area contributed by atoms with E-state index in [9.17, 15) is 9.59 Å². The van der Waals surface area contributed by atoms with E-state index in [0.29, 0.717) is 44.0 Å². The molecule has 0 spiro atoms. The van der Waals surface area contributed by atoms with Gasteiger partial charge in [-0.1, -0.05) is 29.5 Å². The molecule has 38 heavy (non-hydrogen) atoms. The summed E-state index contributed by atoms with van der Waals surface area (Å²) in [5, 5.41) is 12.3. The maximum atomic E-state index is 13.0. The van der Waals surface area contributed by atoms with Crippen molar-refractivity contribution in [3.63, 3.8) is 0 Å². The van der Waals surface area contributed by atoms with E-state index in [1.165, 1.54) is 28.7 Å². The molecule has 0 unspecified atom stereocenters. The number of esters is 1. The lowest BCUT2D eigenvalue weighted by molar-refractivity contribution is -0.149. The molecular formula is C27H28N6O3S2. The Hall–Kier alpha value is -3.57. The number of piperidine rings is 1. The van der Waals surface area contributed by atoms with Crippen LogP contribution in [0.1, 0.15) is 40.8 Å². The molecule has 1 amide bonds. The van der Waals surface area contributed by atoms with Gasteiger partial charge in [-0.25, -0.2) is 4.98 Å². The van der Waals surface area contributed by atoms with Crippen LogP contribution in [0, 0.1) is 12.8 Å². The van der Waals surface area contributed by atoms with Crippen molar-refractivity contribution in [2.24, 2.45) is 5.92 Å². The molecular weight excluding hydrogens is 520 g/mol. The van der Waals surface area contributed by atoms with Gasteiger partial charge in [-0.15, -0.1) is 21.5 Å². The Kier molecular flexibility index (Phi) is 8.14. The normalized spacial score (nSPS) is 14.0. The molecule has 0 saturated carbocycles. The van der Waals surface area contributed by atoms with Crippen LogP contribution >= 0.6 is 23.1 Å². The number of nitrogens with zero attached hydrogens (tertiary/aromatic N) is 6. The third kappa shape index (κ3) is 5.78. The van der Waals surface area contributed by atoms with Crippen molar-refractivity contribution >= 4 is 35.0 Å². The van der Waals surface area contributed by atoms with Gasteiger partial charge < -0.3 is 9.64 Å². The molecule has 4 aromatic rings. The Morgan fingerprint density at radius 2 is 1.82 bits per heavy atom. The zero-order chi connectivity index (χ0) is 26.5. The van der Waals surface area contributed by atoms with Gasteiger partial charge in [0.2, 0.25) is 0 Å². The van der Waals surface area contributed by atoms with Gasteiger partial charge in [-0.3, -0.25) is 19.1 Å². The fraction of sp³-hybridized carbons (Fsp3) is 0.333. The Balaban J connectivity index is 1.28. The maximum absolute atomic E-state index is 13.0. The molecule has 196 valence electrons. The molecule has 3 aromatic heterocycles. The second-order valence-electron chi connectivity index (χ2n) is 8.95. The standard InChI is InChI=1S/C27H28N6O3S2/c1-3-36-26(35)20-10-14-32(15-11-20)25(34)22-16-37-23(29-22)17-38-27-31-30-24(19-8-12-28-13-9-19)33(27)21-6-4-18(2)5-7-21/h4-9,12-13,16,20H,3,10-11,14-15,17H2,1-2H3. The van der Waals surface area contributed by atoms with Crippen LogP contribution in [0.25, 0.3) is 17.1 Å². The smallest absolute Gasteiger partial charge is 0.309 e. The number of benzene rings is 1. The number of carbonyl (C=O) groups excluding carboxylic acids is 2. The first kappa shape index (κ1) is 26.1. The Labute approximate surface area is 229 Å². The molecule has 1 aromatic carbocycles. The minimum Gasteiger partial charge on any atom is -0.466 e. The summed E-state index contributed by atoms with van der Waals surface area (Å²) in [7, 11) is 0. The SMILES string of the molecule is CCOC(=O)C1CCN(C(=O)c2csc(CSc3nnc(-c4ccncc4)n3-c3ccc(C)cc3)n2)CC1. The molecule has 0 bridgehead atoms. The molecule has 1 aliphatic heterocycles. The summed E-state index contributed by atoms with van der Waals surface area (Å²) in [5.74, 6) is 0.897. The van der Waals surface area contributed by atoms with Gasteiger partial charge in [-0.2, -0.15) is 0 Å². The quantitative estimate of drug-likeness (QED) is 0.229. The molecule has 5 rings (SSSR count). The number of thioether (sulfide) groups is 1. The van der Waals surface area contributed by atoms with Crippen LogP contribution in [0.3, 0.4) is 0 Å². The van der Waals surface area contributed by atoms with E-state index in [2.05, 4.69) is 51.4 Å². The summed E-state index contributed by atoms with van der Waals surface area (Å²) in [5.41, 5.74) is 3.51. The average molecular weight is 549 g/mol. The number of hydrogen-bond acceptors (Lipinski definition) is 9. The van der Waals surface area contributed by atoms with E-state index < -0.39 is 0 Å². The van der Waals surface area contributed by atoms with E-state index in [1.807, 2.05) is 22.1 Å². The Morgan fingerprint density at radius 3 is 2.53 bits per heavy atom. The Bertz CT molecular complexity index is 1400. The molecule has 4 heterocycles. The van der Waals surface area contributed by atoms with Crippen LogP contribution in [0.2, 0.25) is 0 Å². The maximum Gasteiger partial charge on any atom is 0.309 e. The summed E-state index contributed by atoms with van der Waals surface area (Å²) in [6.07, 6.45) is 4.71. The fourth-order valence-electron chi connectivity index (χ4n) is 4.32. The highest BCUT2D eigenvalue weighted by Gasteiger charge is 2.29. The zero-order valence-corrected chi connectivity index (χ0v) is 22.9. The van der Waals surface area contributed by atoms with Crippen molar-refractivity contribution in [1.29, 1.82) is 0 Å². The van der Waals surface area contributed by atoms with Gasteiger partial charge in [0.15, 0.2) is 11.0 Å². The lowest BCUT2D eigenvalue weighted by Gasteiger charge is -2.30. The van der Waals surface area contributed by atoms with Crippen LogP contribution in [0.4, 0.5) is 0 Å². The number of aromatic nitrogens is 5. The van der Waals surface area contributed by atoms with Gasteiger partial charge in [-0.05, 0) is 51.0 Å². The topological polar surface area (TPSA) is 103 Å². The van der Waals surface area contributed by atoms with E-state index in [4.69, 9.17) is 4.74 Å². The predicted octanol–water partition coefficient (Wildman–Crippen LogP) is 4.80. The van der Waals surface area contributed by atoms with Crippen LogP contribution in [0.5, 0.6) is 0 Å². The third-order valence-corrected chi connectivity index (χ3v) is 8.33. The van der Waals surface area contributed by atoms with Crippen molar-refractivity contribution in [3.05, 3.63) is 70.4 Å². The first-order chi connectivity index (χ1) is 18.5. The number of carbonyl (C=O) groups is 2. The number of hydrogen-bond donors (Lipinski definition) is 0. The van der Waals surface area contributed by atoms with Crippen LogP contribution < -0.4 is 0 Å². The van der Waals surface area contributed by atoms with E-state index in [-0.39, 0.29) is 17.8 Å². The van der Waals surface area contributed by atoms with Crippen molar-refractivity contribution in [2.75, 3.05) is 19.7 Å². The molecule has 0 aliphatic carbocycles. The zero-order valence-electron chi connectivity index (χ0n) is 21.2. The van der Waals surface area contributed by atoms with Gasteiger partial charge >= 0.3 is 5.97 Å². The van der Waals surface area contributed by atoms with Gasteiger partial charge in [0.25, 0.3) is 5.91 Å². The van der Waals surface area contributed by atoms with E-state index in [1.54, 1.807) is 24.2 Å². The molecule has 1 saturated heterocycles. The highest BCUT2D eigenvalue weighted by atomic mass is 32.2. The monoisotopic (exact) mass is 548 g/mol. The van der Waals surface area contributed by atoms with Crippen LogP contribution in [-0.2, 0) is 15.3 Å². The van der Waals surface area contributed by atoms with E-state index >= 15 is 0 Å². The number of ether oxygens (including phenoxy) is 1. The Morgan fingerprint density at radius 1 is 1.08 bits per heavy atom. The lowest BCUT2D eigenvalue weighted by atomic mass is 9.97. The molecule has 11 heteroatoms. The van der Waals surface area contributed by atoms with E-state index in [0.717, 1.165) is 27.2 Å². The lowest BCUT2D eigenvalue weighted by Crippen LogP contribution is -2.40. The van der Waals surface area contributed by atoms with Gasteiger partial charge in [0, 0.05) is 42.1 Å². The summed E-state index contributed by atoms with van der Waals surface area (Å²) in [4.78, 5) is 35.5.